The maximum atomic E-state index is 9.42. The van der Waals surface area contributed by atoms with E-state index in [9.17, 15) is 5.11 Å². The highest BCUT2D eigenvalue weighted by Crippen LogP contribution is 2.26. The Morgan fingerprint density at radius 1 is 1.82 bits per heavy atom. The van der Waals surface area contributed by atoms with Gasteiger partial charge in [0.15, 0.2) is 0 Å². The van der Waals surface area contributed by atoms with E-state index < -0.39 is 6.10 Å². The highest BCUT2D eigenvalue weighted by molar-refractivity contribution is 7.15. The number of thiazole rings is 1. The van der Waals surface area contributed by atoms with E-state index in [0.29, 0.717) is 4.34 Å². The number of hydrogen-bond acceptors (Lipinski definition) is 3. The van der Waals surface area contributed by atoms with Crippen LogP contribution in [0, 0.1) is 0 Å². The third kappa shape index (κ3) is 2.43. The Morgan fingerprint density at radius 2 is 2.55 bits per heavy atom. The van der Waals surface area contributed by atoms with Crippen molar-refractivity contribution in [1.82, 2.24) is 4.98 Å². The fourth-order valence-corrected chi connectivity index (χ4v) is 1.77. The molecular formula is C7H10ClNOS. The van der Waals surface area contributed by atoms with Crippen molar-refractivity contribution in [2.75, 3.05) is 0 Å². The summed E-state index contributed by atoms with van der Waals surface area (Å²) in [5.74, 6) is 0. The summed E-state index contributed by atoms with van der Waals surface area (Å²) in [6, 6.07) is 0. The van der Waals surface area contributed by atoms with Gasteiger partial charge < -0.3 is 5.11 Å². The average Bonchev–Trinajstić information content (AvgIpc) is 2.36. The Kier molecular flexibility index (Phi) is 3.30. The normalized spacial score (nSPS) is 13.4. The van der Waals surface area contributed by atoms with E-state index in [1.165, 1.54) is 11.3 Å². The van der Waals surface area contributed by atoms with Crippen LogP contribution in [0.5, 0.6) is 0 Å². The van der Waals surface area contributed by atoms with E-state index in [4.69, 9.17) is 11.6 Å². The van der Waals surface area contributed by atoms with Crippen molar-refractivity contribution in [2.45, 2.75) is 25.9 Å². The Labute approximate surface area is 74.8 Å². The minimum Gasteiger partial charge on any atom is -0.386 e. The smallest absolute Gasteiger partial charge is 0.123 e. The second-order valence-electron chi connectivity index (χ2n) is 2.31. The van der Waals surface area contributed by atoms with Crippen LogP contribution in [0.15, 0.2) is 6.20 Å². The number of aliphatic hydroxyl groups is 1. The molecule has 0 saturated heterocycles. The summed E-state index contributed by atoms with van der Waals surface area (Å²) in [6.07, 6.45) is 2.85. The van der Waals surface area contributed by atoms with Crippen LogP contribution < -0.4 is 0 Å². The van der Waals surface area contributed by atoms with Gasteiger partial charge in [0.25, 0.3) is 0 Å². The van der Waals surface area contributed by atoms with Crippen molar-refractivity contribution < 1.29 is 5.11 Å². The van der Waals surface area contributed by atoms with Gasteiger partial charge in [0.1, 0.15) is 15.4 Å². The molecule has 0 aliphatic carbocycles. The molecule has 1 heterocycles. The van der Waals surface area contributed by atoms with Crippen LogP contribution in [0.1, 0.15) is 30.9 Å². The standard InChI is InChI=1S/C7H10ClNOS/c1-2-3-5(10)7-9-4-6(8)11-7/h4-5,10H,2-3H2,1H3. The van der Waals surface area contributed by atoms with E-state index in [-0.39, 0.29) is 0 Å². The van der Waals surface area contributed by atoms with Gasteiger partial charge in [-0.05, 0) is 6.42 Å². The summed E-state index contributed by atoms with van der Waals surface area (Å²) < 4.78 is 0.634. The molecule has 62 valence electrons. The summed E-state index contributed by atoms with van der Waals surface area (Å²) in [6.45, 7) is 2.03. The molecule has 0 aliphatic heterocycles. The molecule has 0 spiro atoms. The molecule has 1 aromatic heterocycles. The fourth-order valence-electron chi connectivity index (χ4n) is 0.818. The monoisotopic (exact) mass is 191 g/mol. The largest absolute Gasteiger partial charge is 0.386 e. The average molecular weight is 192 g/mol. The minimum absolute atomic E-state index is 0.433. The van der Waals surface area contributed by atoms with Crippen LogP contribution in [0.3, 0.4) is 0 Å². The minimum atomic E-state index is -0.433. The SMILES string of the molecule is CCCC(O)c1ncc(Cl)s1. The van der Waals surface area contributed by atoms with Gasteiger partial charge in [0.05, 0.1) is 6.20 Å². The number of nitrogens with zero attached hydrogens (tertiary/aromatic N) is 1. The third-order valence-corrected chi connectivity index (χ3v) is 2.56. The van der Waals surface area contributed by atoms with Crippen molar-refractivity contribution >= 4 is 22.9 Å². The van der Waals surface area contributed by atoms with E-state index in [1.807, 2.05) is 6.92 Å². The molecule has 1 N–H and O–H groups in total. The first kappa shape index (κ1) is 8.97. The fraction of sp³-hybridized carbons (Fsp3) is 0.571. The summed E-state index contributed by atoms with van der Waals surface area (Å²) in [5.41, 5.74) is 0. The number of halogens is 1. The highest BCUT2D eigenvalue weighted by Gasteiger charge is 2.09. The quantitative estimate of drug-likeness (QED) is 0.797. The summed E-state index contributed by atoms with van der Waals surface area (Å²) in [5, 5.41) is 10.1. The maximum Gasteiger partial charge on any atom is 0.123 e. The van der Waals surface area contributed by atoms with E-state index in [1.54, 1.807) is 6.20 Å². The first-order chi connectivity index (χ1) is 5.24. The van der Waals surface area contributed by atoms with E-state index in [2.05, 4.69) is 4.98 Å². The van der Waals surface area contributed by atoms with Crippen molar-refractivity contribution in [3.8, 4) is 0 Å². The number of aliphatic hydroxyl groups excluding tert-OH is 1. The third-order valence-electron chi connectivity index (χ3n) is 1.34. The zero-order chi connectivity index (χ0) is 8.27. The first-order valence-corrected chi connectivity index (χ1v) is 4.72. The van der Waals surface area contributed by atoms with Crippen LogP contribution in [0.2, 0.25) is 4.34 Å². The summed E-state index contributed by atoms with van der Waals surface area (Å²) >= 11 is 6.99. The second-order valence-corrected chi connectivity index (χ2v) is 4.00. The van der Waals surface area contributed by atoms with Gasteiger partial charge in [0.2, 0.25) is 0 Å². The topological polar surface area (TPSA) is 33.1 Å². The lowest BCUT2D eigenvalue weighted by molar-refractivity contribution is 0.166. The molecule has 0 saturated carbocycles. The lowest BCUT2D eigenvalue weighted by atomic mass is 10.2. The van der Waals surface area contributed by atoms with Gasteiger partial charge >= 0.3 is 0 Å². The highest BCUT2D eigenvalue weighted by atomic mass is 35.5. The lowest BCUT2D eigenvalue weighted by Crippen LogP contribution is -1.94. The molecule has 11 heavy (non-hydrogen) atoms. The van der Waals surface area contributed by atoms with E-state index in [0.717, 1.165) is 17.8 Å². The molecule has 0 fully saturated rings. The molecule has 0 radical (unpaired) electrons. The van der Waals surface area contributed by atoms with Gasteiger partial charge in [-0.25, -0.2) is 4.98 Å². The van der Waals surface area contributed by atoms with Gasteiger partial charge in [-0.3, -0.25) is 0 Å². The van der Waals surface area contributed by atoms with Crippen LogP contribution in [-0.4, -0.2) is 10.1 Å². The van der Waals surface area contributed by atoms with E-state index >= 15 is 0 Å². The van der Waals surface area contributed by atoms with Crippen LogP contribution >= 0.6 is 22.9 Å². The van der Waals surface area contributed by atoms with Crippen LogP contribution in [-0.2, 0) is 0 Å². The Morgan fingerprint density at radius 3 is 3.00 bits per heavy atom. The van der Waals surface area contributed by atoms with Gasteiger partial charge in [-0.15, -0.1) is 11.3 Å². The molecule has 0 aromatic carbocycles. The molecule has 0 amide bonds. The van der Waals surface area contributed by atoms with Gasteiger partial charge in [-0.1, -0.05) is 24.9 Å². The van der Waals surface area contributed by atoms with Crippen LogP contribution in [0.4, 0.5) is 0 Å². The first-order valence-electron chi connectivity index (χ1n) is 3.53. The molecular weight excluding hydrogens is 182 g/mol. The Balaban J connectivity index is 2.60. The van der Waals surface area contributed by atoms with Gasteiger partial charge in [-0.2, -0.15) is 0 Å². The predicted octanol–water partition coefficient (Wildman–Crippen LogP) is 2.63. The van der Waals surface area contributed by atoms with Crippen LogP contribution in [0.25, 0.3) is 0 Å². The molecule has 2 nitrogen and oxygen atoms in total. The van der Waals surface area contributed by atoms with Crippen molar-refractivity contribution in [3.05, 3.63) is 15.5 Å². The van der Waals surface area contributed by atoms with Crippen molar-refractivity contribution in [3.63, 3.8) is 0 Å². The lowest BCUT2D eigenvalue weighted by Gasteiger charge is -2.02. The van der Waals surface area contributed by atoms with Crippen molar-refractivity contribution in [2.24, 2.45) is 0 Å². The van der Waals surface area contributed by atoms with Gasteiger partial charge in [0, 0.05) is 0 Å². The summed E-state index contributed by atoms with van der Waals surface area (Å²) in [7, 11) is 0. The molecule has 1 unspecified atom stereocenters. The second kappa shape index (κ2) is 4.04. The molecule has 0 aliphatic rings. The summed E-state index contributed by atoms with van der Waals surface area (Å²) in [4.78, 5) is 3.97. The maximum absolute atomic E-state index is 9.42. The molecule has 0 bridgehead atoms. The molecule has 1 rings (SSSR count). The number of hydrogen-bond donors (Lipinski definition) is 1. The Hall–Kier alpha value is -0.120. The molecule has 1 atom stereocenters. The zero-order valence-corrected chi connectivity index (χ0v) is 7.82. The molecule has 1 aromatic rings. The number of rotatable bonds is 3. The predicted molar refractivity (Wildman–Crippen MR) is 47.0 cm³/mol. The number of aromatic nitrogens is 1. The Bertz CT molecular complexity index is 226. The van der Waals surface area contributed by atoms with Crippen molar-refractivity contribution in [1.29, 1.82) is 0 Å². The molecule has 4 heteroatoms. The zero-order valence-electron chi connectivity index (χ0n) is 6.25.